The molecule has 1 fully saturated rings. The molecule has 3 atom stereocenters. The quantitative estimate of drug-likeness (QED) is 0.875. The Morgan fingerprint density at radius 1 is 1.24 bits per heavy atom. The lowest BCUT2D eigenvalue weighted by atomic mass is 10.0. The van der Waals surface area contributed by atoms with E-state index < -0.39 is 0 Å². The van der Waals surface area contributed by atoms with Crippen LogP contribution >= 0.6 is 0 Å². The largest absolute Gasteiger partial charge is 0.494 e. The Morgan fingerprint density at radius 3 is 2.38 bits per heavy atom. The predicted molar refractivity (Wildman–Crippen MR) is 85.6 cm³/mol. The van der Waals surface area contributed by atoms with Crippen LogP contribution in [0, 0.1) is 0 Å². The lowest BCUT2D eigenvalue weighted by Crippen LogP contribution is -2.48. The first-order chi connectivity index (χ1) is 10.1. The lowest BCUT2D eigenvalue weighted by molar-refractivity contribution is -0.0799. The van der Waals surface area contributed by atoms with Gasteiger partial charge < -0.3 is 15.2 Å². The summed E-state index contributed by atoms with van der Waals surface area (Å²) in [6, 6.07) is 8.60. The van der Waals surface area contributed by atoms with Crippen LogP contribution in [0.2, 0.25) is 0 Å². The summed E-state index contributed by atoms with van der Waals surface area (Å²) in [7, 11) is 0. The first-order valence-corrected chi connectivity index (χ1v) is 7.96. The van der Waals surface area contributed by atoms with Gasteiger partial charge in [0.15, 0.2) is 0 Å². The molecule has 4 heteroatoms. The molecule has 0 aromatic heterocycles. The van der Waals surface area contributed by atoms with Crippen molar-refractivity contribution in [2.75, 3.05) is 26.2 Å². The average Bonchev–Trinajstić information content (AvgIpc) is 2.46. The standard InChI is InChI=1S/C17H28N2O2/c1-4-9-20-16-7-5-15(6-8-16)17(10-18)19-11-13(2)21-14(3)12-19/h5-8,13-14,17H,4,9-12,18H2,1-3H3. The van der Waals surface area contributed by atoms with E-state index in [0.29, 0.717) is 6.54 Å². The zero-order valence-electron chi connectivity index (χ0n) is 13.4. The van der Waals surface area contributed by atoms with Crippen molar-refractivity contribution in [2.24, 2.45) is 5.73 Å². The lowest BCUT2D eigenvalue weighted by Gasteiger charge is -2.40. The van der Waals surface area contributed by atoms with Crippen LogP contribution in [0.5, 0.6) is 5.75 Å². The minimum Gasteiger partial charge on any atom is -0.494 e. The molecule has 2 N–H and O–H groups in total. The normalized spacial score (nSPS) is 24.8. The zero-order valence-corrected chi connectivity index (χ0v) is 13.4. The van der Waals surface area contributed by atoms with E-state index >= 15 is 0 Å². The molecule has 1 aromatic rings. The first-order valence-electron chi connectivity index (χ1n) is 7.96. The maximum absolute atomic E-state index is 6.03. The highest BCUT2D eigenvalue weighted by Crippen LogP contribution is 2.25. The molecular formula is C17H28N2O2. The van der Waals surface area contributed by atoms with E-state index in [0.717, 1.165) is 31.9 Å². The van der Waals surface area contributed by atoms with Crippen LogP contribution in [0.25, 0.3) is 0 Å². The average molecular weight is 292 g/mol. The maximum Gasteiger partial charge on any atom is 0.119 e. The van der Waals surface area contributed by atoms with Crippen molar-refractivity contribution in [3.63, 3.8) is 0 Å². The van der Waals surface area contributed by atoms with Gasteiger partial charge in [0.1, 0.15) is 5.75 Å². The van der Waals surface area contributed by atoms with Crippen molar-refractivity contribution in [3.8, 4) is 5.75 Å². The molecule has 0 spiro atoms. The summed E-state index contributed by atoms with van der Waals surface area (Å²) in [4.78, 5) is 2.43. The van der Waals surface area contributed by atoms with Gasteiger partial charge in [0, 0.05) is 25.7 Å². The fourth-order valence-electron chi connectivity index (χ4n) is 2.97. The number of nitrogens with two attached hydrogens (primary N) is 1. The summed E-state index contributed by atoms with van der Waals surface area (Å²) in [5.41, 5.74) is 7.28. The van der Waals surface area contributed by atoms with Crippen LogP contribution in [0.1, 0.15) is 38.8 Å². The molecule has 0 radical (unpaired) electrons. The molecule has 4 nitrogen and oxygen atoms in total. The van der Waals surface area contributed by atoms with Gasteiger partial charge in [-0.25, -0.2) is 0 Å². The molecule has 1 aliphatic heterocycles. The van der Waals surface area contributed by atoms with E-state index in [1.807, 2.05) is 12.1 Å². The number of benzene rings is 1. The van der Waals surface area contributed by atoms with Gasteiger partial charge in [0.05, 0.1) is 18.8 Å². The van der Waals surface area contributed by atoms with E-state index in [-0.39, 0.29) is 18.2 Å². The molecule has 2 rings (SSSR count). The van der Waals surface area contributed by atoms with Crippen molar-refractivity contribution in [1.29, 1.82) is 0 Å². The second kappa shape index (κ2) is 7.78. The zero-order chi connectivity index (χ0) is 15.2. The third-order valence-corrected chi connectivity index (χ3v) is 3.85. The van der Waals surface area contributed by atoms with Crippen molar-refractivity contribution >= 4 is 0 Å². The van der Waals surface area contributed by atoms with Crippen LogP contribution in [-0.2, 0) is 4.74 Å². The molecular weight excluding hydrogens is 264 g/mol. The van der Waals surface area contributed by atoms with Crippen molar-refractivity contribution in [2.45, 2.75) is 45.4 Å². The van der Waals surface area contributed by atoms with Crippen LogP contribution in [0.4, 0.5) is 0 Å². The molecule has 1 heterocycles. The third kappa shape index (κ3) is 4.43. The molecule has 1 aromatic carbocycles. The summed E-state index contributed by atoms with van der Waals surface area (Å²) >= 11 is 0. The van der Waals surface area contributed by atoms with Gasteiger partial charge in [-0.05, 0) is 38.0 Å². The van der Waals surface area contributed by atoms with Gasteiger partial charge in [-0.3, -0.25) is 4.90 Å². The van der Waals surface area contributed by atoms with Crippen molar-refractivity contribution < 1.29 is 9.47 Å². The molecule has 0 bridgehead atoms. The summed E-state index contributed by atoms with van der Waals surface area (Å²) in [6.07, 6.45) is 1.54. The number of ether oxygens (including phenoxy) is 2. The number of rotatable bonds is 6. The summed E-state index contributed by atoms with van der Waals surface area (Å²) < 4.78 is 11.4. The molecule has 118 valence electrons. The number of hydrogen-bond donors (Lipinski definition) is 1. The summed E-state index contributed by atoms with van der Waals surface area (Å²) in [5, 5.41) is 0. The minimum atomic E-state index is 0.249. The summed E-state index contributed by atoms with van der Waals surface area (Å²) in [5.74, 6) is 0.931. The molecule has 1 saturated heterocycles. The van der Waals surface area contributed by atoms with Gasteiger partial charge in [-0.2, -0.15) is 0 Å². The molecule has 0 amide bonds. The Kier molecular flexibility index (Phi) is 6.03. The van der Waals surface area contributed by atoms with Gasteiger partial charge in [0.2, 0.25) is 0 Å². The molecule has 21 heavy (non-hydrogen) atoms. The van der Waals surface area contributed by atoms with Crippen LogP contribution in [0.3, 0.4) is 0 Å². The fraction of sp³-hybridized carbons (Fsp3) is 0.647. The monoisotopic (exact) mass is 292 g/mol. The highest BCUT2D eigenvalue weighted by Gasteiger charge is 2.28. The third-order valence-electron chi connectivity index (χ3n) is 3.85. The second-order valence-corrected chi connectivity index (χ2v) is 5.88. The van der Waals surface area contributed by atoms with Crippen LogP contribution in [0.15, 0.2) is 24.3 Å². The van der Waals surface area contributed by atoms with Gasteiger partial charge in [-0.15, -0.1) is 0 Å². The van der Waals surface area contributed by atoms with E-state index in [2.05, 4.69) is 37.8 Å². The van der Waals surface area contributed by atoms with Crippen molar-refractivity contribution in [1.82, 2.24) is 4.90 Å². The first kappa shape index (κ1) is 16.3. The highest BCUT2D eigenvalue weighted by atomic mass is 16.5. The SMILES string of the molecule is CCCOc1ccc(C(CN)N2CC(C)OC(C)C2)cc1. The molecule has 0 aliphatic carbocycles. The minimum absolute atomic E-state index is 0.249. The molecule has 3 unspecified atom stereocenters. The van der Waals surface area contributed by atoms with Crippen molar-refractivity contribution in [3.05, 3.63) is 29.8 Å². The van der Waals surface area contributed by atoms with Crippen LogP contribution in [-0.4, -0.2) is 43.3 Å². The van der Waals surface area contributed by atoms with Gasteiger partial charge in [-0.1, -0.05) is 19.1 Å². The van der Waals surface area contributed by atoms with Crippen LogP contribution < -0.4 is 10.5 Å². The van der Waals surface area contributed by atoms with E-state index in [1.54, 1.807) is 0 Å². The van der Waals surface area contributed by atoms with Gasteiger partial charge in [0.25, 0.3) is 0 Å². The van der Waals surface area contributed by atoms with E-state index in [4.69, 9.17) is 15.2 Å². The number of morpholine rings is 1. The smallest absolute Gasteiger partial charge is 0.119 e. The molecule has 0 saturated carbocycles. The Bertz CT molecular complexity index is 411. The molecule has 1 aliphatic rings. The summed E-state index contributed by atoms with van der Waals surface area (Å²) in [6.45, 7) is 9.60. The second-order valence-electron chi connectivity index (χ2n) is 5.88. The highest BCUT2D eigenvalue weighted by molar-refractivity contribution is 5.29. The topological polar surface area (TPSA) is 47.7 Å². The Labute approximate surface area is 128 Å². The Hall–Kier alpha value is -1.10. The predicted octanol–water partition coefficient (Wildman–Crippen LogP) is 2.58. The Morgan fingerprint density at radius 2 is 1.86 bits per heavy atom. The van der Waals surface area contributed by atoms with E-state index in [9.17, 15) is 0 Å². The van der Waals surface area contributed by atoms with Gasteiger partial charge >= 0.3 is 0 Å². The fourth-order valence-corrected chi connectivity index (χ4v) is 2.97. The Balaban J connectivity index is 2.06. The van der Waals surface area contributed by atoms with E-state index in [1.165, 1.54) is 5.56 Å². The number of hydrogen-bond acceptors (Lipinski definition) is 4. The number of nitrogens with zero attached hydrogens (tertiary/aromatic N) is 1. The maximum atomic E-state index is 6.03.